The molecule has 0 aromatic heterocycles. The molecule has 2 amide bonds. The third-order valence-corrected chi connectivity index (χ3v) is 7.48. The smallest absolute Gasteiger partial charge is 0.244 e. The molecule has 0 aliphatic rings. The predicted molar refractivity (Wildman–Crippen MR) is 154 cm³/mol. The van der Waals surface area contributed by atoms with E-state index in [1.165, 1.54) is 4.90 Å². The summed E-state index contributed by atoms with van der Waals surface area (Å²) in [7, 11) is -3.82. The van der Waals surface area contributed by atoms with E-state index < -0.39 is 28.5 Å². The first-order valence-electron chi connectivity index (χ1n) is 13.0. The van der Waals surface area contributed by atoms with E-state index in [0.29, 0.717) is 24.6 Å². The van der Waals surface area contributed by atoms with Crippen molar-refractivity contribution in [2.75, 3.05) is 30.3 Å². The van der Waals surface area contributed by atoms with E-state index >= 15 is 0 Å². The Labute approximate surface area is 231 Å². The fraction of sp³-hybridized carbons (Fsp3) is 0.333. The quantitative estimate of drug-likeness (QED) is 0.347. The van der Waals surface area contributed by atoms with Gasteiger partial charge in [0.25, 0.3) is 0 Å². The molecule has 0 aliphatic heterocycles. The number of nitrogens with one attached hydrogen (secondary N) is 1. The summed E-state index contributed by atoms with van der Waals surface area (Å²) in [6.07, 6.45) is 1.35. The number of rotatable bonds is 13. The fourth-order valence-corrected chi connectivity index (χ4v) is 5.16. The van der Waals surface area contributed by atoms with Crippen molar-refractivity contribution in [2.45, 2.75) is 39.8 Å². The molecular weight excluding hydrogens is 514 g/mol. The van der Waals surface area contributed by atoms with Gasteiger partial charge in [-0.2, -0.15) is 0 Å². The van der Waals surface area contributed by atoms with Crippen molar-refractivity contribution in [1.82, 2.24) is 10.2 Å². The van der Waals surface area contributed by atoms with Gasteiger partial charge in [-0.25, -0.2) is 8.42 Å². The number of sulfonamides is 1. The Hall–Kier alpha value is -3.85. The highest BCUT2D eigenvalue weighted by Crippen LogP contribution is 2.23. The van der Waals surface area contributed by atoms with Crippen LogP contribution in [0, 0.1) is 6.92 Å². The van der Waals surface area contributed by atoms with E-state index in [-0.39, 0.29) is 18.9 Å². The van der Waals surface area contributed by atoms with E-state index in [1.54, 1.807) is 24.3 Å². The van der Waals surface area contributed by atoms with Gasteiger partial charge in [0, 0.05) is 19.5 Å². The molecule has 3 aromatic carbocycles. The number of benzene rings is 3. The molecule has 39 heavy (non-hydrogen) atoms. The minimum atomic E-state index is -3.82. The first kappa shape index (κ1) is 29.7. The summed E-state index contributed by atoms with van der Waals surface area (Å²) in [6, 6.07) is 22.8. The number of ether oxygens (including phenoxy) is 1. The van der Waals surface area contributed by atoms with Crippen LogP contribution in [-0.2, 0) is 32.6 Å². The van der Waals surface area contributed by atoms with Gasteiger partial charge in [0.2, 0.25) is 21.8 Å². The number of anilines is 1. The molecule has 9 heteroatoms. The first-order chi connectivity index (χ1) is 18.6. The summed E-state index contributed by atoms with van der Waals surface area (Å²) >= 11 is 0. The van der Waals surface area contributed by atoms with Gasteiger partial charge in [-0.1, -0.05) is 54.6 Å². The van der Waals surface area contributed by atoms with Crippen molar-refractivity contribution in [1.29, 1.82) is 0 Å². The molecule has 0 saturated heterocycles. The molecule has 0 radical (unpaired) electrons. The van der Waals surface area contributed by atoms with Crippen molar-refractivity contribution in [3.63, 3.8) is 0 Å². The van der Waals surface area contributed by atoms with Gasteiger partial charge in [0.15, 0.2) is 0 Å². The van der Waals surface area contributed by atoms with Crippen LogP contribution in [0.5, 0.6) is 5.75 Å². The van der Waals surface area contributed by atoms with Crippen LogP contribution in [0.2, 0.25) is 0 Å². The number of carbonyl (C=O) groups is 2. The number of hydrogen-bond acceptors (Lipinski definition) is 5. The summed E-state index contributed by atoms with van der Waals surface area (Å²) in [5.74, 6) is -0.179. The number of carbonyl (C=O) groups excluding carboxylic acids is 2. The molecule has 8 nitrogen and oxygen atoms in total. The number of aryl methyl sites for hydroxylation is 1. The van der Waals surface area contributed by atoms with Gasteiger partial charge < -0.3 is 15.0 Å². The van der Waals surface area contributed by atoms with Gasteiger partial charge >= 0.3 is 0 Å². The second kappa shape index (κ2) is 13.8. The molecule has 0 spiro atoms. The van der Waals surface area contributed by atoms with Crippen LogP contribution in [0.3, 0.4) is 0 Å². The highest BCUT2D eigenvalue weighted by molar-refractivity contribution is 7.92. The molecule has 0 unspecified atom stereocenters. The summed E-state index contributed by atoms with van der Waals surface area (Å²) in [5.41, 5.74) is 3.07. The summed E-state index contributed by atoms with van der Waals surface area (Å²) in [4.78, 5) is 28.9. The van der Waals surface area contributed by atoms with E-state index in [1.807, 2.05) is 75.4 Å². The maximum atomic E-state index is 14.0. The Morgan fingerprint density at radius 2 is 1.56 bits per heavy atom. The van der Waals surface area contributed by atoms with Crippen LogP contribution in [-0.4, -0.2) is 57.1 Å². The summed E-state index contributed by atoms with van der Waals surface area (Å²) in [6.45, 7) is 6.20. The predicted octanol–water partition coefficient (Wildman–Crippen LogP) is 3.94. The van der Waals surface area contributed by atoms with E-state index in [0.717, 1.165) is 27.3 Å². The Morgan fingerprint density at radius 1 is 0.923 bits per heavy atom. The Bertz CT molecular complexity index is 1340. The summed E-state index contributed by atoms with van der Waals surface area (Å²) in [5, 5.41) is 2.86. The standard InChI is InChI=1S/C30H37N3O5S/c1-5-31-30(35)28(20-24-13-8-7-9-14-24)32(21-25-15-11-10-12-23(25)3)29(34)22-33(39(4,36)37)26-16-18-27(19-17-26)38-6-2/h7-19,28H,5-6,20-22H2,1-4H3,(H,31,35)/t28-/m0/s1. The number of likely N-dealkylation sites (N-methyl/N-ethyl adjacent to an activating group) is 1. The number of nitrogens with zero attached hydrogens (tertiary/aromatic N) is 2. The summed E-state index contributed by atoms with van der Waals surface area (Å²) < 4.78 is 32.2. The largest absolute Gasteiger partial charge is 0.494 e. The van der Waals surface area contributed by atoms with Crippen molar-refractivity contribution in [2.24, 2.45) is 0 Å². The van der Waals surface area contributed by atoms with Crippen molar-refractivity contribution in [3.8, 4) is 5.75 Å². The Morgan fingerprint density at radius 3 is 2.15 bits per heavy atom. The van der Waals surface area contributed by atoms with E-state index in [2.05, 4.69) is 5.32 Å². The molecule has 3 rings (SSSR count). The van der Waals surface area contributed by atoms with Gasteiger partial charge in [-0.15, -0.1) is 0 Å². The van der Waals surface area contributed by atoms with Gasteiger partial charge in [0.1, 0.15) is 18.3 Å². The second-order valence-electron chi connectivity index (χ2n) is 9.24. The monoisotopic (exact) mass is 551 g/mol. The molecular formula is C30H37N3O5S. The SMILES string of the molecule is CCNC(=O)[C@H](Cc1ccccc1)N(Cc1ccccc1C)C(=O)CN(c1ccc(OCC)cc1)S(C)(=O)=O. The zero-order valence-corrected chi connectivity index (χ0v) is 23.8. The number of hydrogen-bond donors (Lipinski definition) is 1. The topological polar surface area (TPSA) is 96.0 Å². The normalized spacial score (nSPS) is 11.9. The third kappa shape index (κ3) is 8.32. The van der Waals surface area contributed by atoms with E-state index in [9.17, 15) is 18.0 Å². The molecule has 0 fully saturated rings. The van der Waals surface area contributed by atoms with Crippen molar-refractivity contribution >= 4 is 27.5 Å². The minimum absolute atomic E-state index is 0.154. The maximum absolute atomic E-state index is 14.0. The van der Waals surface area contributed by atoms with Crippen LogP contribution in [0.4, 0.5) is 5.69 Å². The Balaban J connectivity index is 2.02. The fourth-order valence-electron chi connectivity index (χ4n) is 4.31. The first-order valence-corrected chi connectivity index (χ1v) is 14.8. The van der Waals surface area contributed by atoms with Crippen LogP contribution in [0.1, 0.15) is 30.5 Å². The van der Waals surface area contributed by atoms with Gasteiger partial charge in [-0.3, -0.25) is 13.9 Å². The van der Waals surface area contributed by atoms with Crippen LogP contribution < -0.4 is 14.4 Å². The average Bonchev–Trinajstić information content (AvgIpc) is 2.91. The van der Waals surface area contributed by atoms with Crippen molar-refractivity contribution in [3.05, 3.63) is 95.6 Å². The highest BCUT2D eigenvalue weighted by atomic mass is 32.2. The van der Waals surface area contributed by atoms with Crippen LogP contribution in [0.25, 0.3) is 0 Å². The lowest BCUT2D eigenvalue weighted by molar-refractivity contribution is -0.140. The molecule has 208 valence electrons. The molecule has 0 saturated carbocycles. The minimum Gasteiger partial charge on any atom is -0.494 e. The van der Waals surface area contributed by atoms with Gasteiger partial charge in [0.05, 0.1) is 18.6 Å². The molecule has 1 N–H and O–H groups in total. The zero-order chi connectivity index (χ0) is 28.4. The van der Waals surface area contributed by atoms with Crippen LogP contribution in [0.15, 0.2) is 78.9 Å². The lowest BCUT2D eigenvalue weighted by atomic mass is 10.0. The maximum Gasteiger partial charge on any atom is 0.244 e. The molecule has 0 bridgehead atoms. The zero-order valence-electron chi connectivity index (χ0n) is 23.0. The van der Waals surface area contributed by atoms with Gasteiger partial charge in [-0.05, 0) is 61.7 Å². The number of amides is 2. The molecule has 0 heterocycles. The average molecular weight is 552 g/mol. The molecule has 0 aliphatic carbocycles. The lowest BCUT2D eigenvalue weighted by Crippen LogP contribution is -2.53. The van der Waals surface area contributed by atoms with Crippen LogP contribution >= 0.6 is 0 Å². The molecule has 3 aromatic rings. The third-order valence-electron chi connectivity index (χ3n) is 6.34. The molecule has 1 atom stereocenters. The Kier molecular flexibility index (Phi) is 10.5. The highest BCUT2D eigenvalue weighted by Gasteiger charge is 2.33. The van der Waals surface area contributed by atoms with Crippen molar-refractivity contribution < 1.29 is 22.7 Å². The lowest BCUT2D eigenvalue weighted by Gasteiger charge is -2.33. The van der Waals surface area contributed by atoms with E-state index in [4.69, 9.17) is 4.74 Å². The second-order valence-corrected chi connectivity index (χ2v) is 11.2.